The molecule has 0 bridgehead atoms. The van der Waals surface area contributed by atoms with Gasteiger partial charge < -0.3 is 0 Å². The molecule has 84 valence electrons. The molecule has 1 heterocycles. The minimum absolute atomic E-state index is 0.285. The third kappa shape index (κ3) is 1.86. The lowest BCUT2D eigenvalue weighted by Gasteiger charge is -2.15. The first-order valence-electron chi connectivity index (χ1n) is 5.91. The predicted octanol–water partition coefficient (Wildman–Crippen LogP) is 3.27. The first-order valence-corrected chi connectivity index (χ1v) is 5.91. The van der Waals surface area contributed by atoms with Crippen molar-refractivity contribution < 1.29 is 4.79 Å². The molecular formula is C15H13NO. The van der Waals surface area contributed by atoms with E-state index in [1.165, 1.54) is 11.1 Å². The van der Waals surface area contributed by atoms with Crippen molar-refractivity contribution in [3.8, 4) is 11.1 Å². The van der Waals surface area contributed by atoms with Gasteiger partial charge in [-0.3, -0.25) is 9.78 Å². The Balaban J connectivity index is 2.07. The van der Waals surface area contributed by atoms with Gasteiger partial charge in [0.25, 0.3) is 0 Å². The zero-order valence-electron chi connectivity index (χ0n) is 9.52. The minimum atomic E-state index is 0.285. The quantitative estimate of drug-likeness (QED) is 0.742. The number of hydrogen-bond acceptors (Lipinski definition) is 2. The minimum Gasteiger partial charge on any atom is -0.294 e. The van der Waals surface area contributed by atoms with E-state index < -0.39 is 0 Å². The van der Waals surface area contributed by atoms with Gasteiger partial charge in [0.1, 0.15) is 0 Å². The summed E-state index contributed by atoms with van der Waals surface area (Å²) in [6.45, 7) is 0. The molecule has 0 saturated heterocycles. The fourth-order valence-electron chi connectivity index (χ4n) is 2.37. The molecule has 0 aliphatic heterocycles. The Bertz CT molecular complexity index is 560. The maximum Gasteiger partial charge on any atom is 0.163 e. The van der Waals surface area contributed by atoms with Crippen molar-refractivity contribution in [1.29, 1.82) is 0 Å². The average molecular weight is 223 g/mol. The van der Waals surface area contributed by atoms with E-state index >= 15 is 0 Å². The van der Waals surface area contributed by atoms with Gasteiger partial charge in [0.2, 0.25) is 0 Å². The molecule has 0 fully saturated rings. The number of rotatable bonds is 1. The smallest absolute Gasteiger partial charge is 0.163 e. The number of nitrogens with zero attached hydrogens (tertiary/aromatic N) is 1. The highest BCUT2D eigenvalue weighted by atomic mass is 16.1. The van der Waals surface area contributed by atoms with E-state index in [9.17, 15) is 4.79 Å². The van der Waals surface area contributed by atoms with Crippen molar-refractivity contribution in [2.24, 2.45) is 0 Å². The molecule has 0 N–H and O–H groups in total. The van der Waals surface area contributed by atoms with E-state index in [-0.39, 0.29) is 5.78 Å². The number of aromatic nitrogens is 1. The normalized spacial score (nSPS) is 14.5. The van der Waals surface area contributed by atoms with E-state index in [1.807, 2.05) is 24.3 Å². The summed E-state index contributed by atoms with van der Waals surface area (Å²) < 4.78 is 0. The Labute approximate surface area is 100 Å². The Morgan fingerprint density at radius 3 is 2.59 bits per heavy atom. The van der Waals surface area contributed by atoms with Crippen molar-refractivity contribution in [1.82, 2.24) is 4.98 Å². The monoisotopic (exact) mass is 223 g/mol. The predicted molar refractivity (Wildman–Crippen MR) is 66.9 cm³/mol. The molecule has 1 aliphatic carbocycles. The number of carbonyl (C=O) groups excluding carboxylic acids is 1. The second kappa shape index (κ2) is 4.13. The number of Topliss-reactive ketones (excluding diaryl/α,β-unsaturated/α-hetero) is 1. The Morgan fingerprint density at radius 2 is 1.76 bits per heavy atom. The number of carbonyl (C=O) groups is 1. The molecule has 2 nitrogen and oxygen atoms in total. The lowest BCUT2D eigenvalue weighted by Crippen LogP contribution is -2.10. The summed E-state index contributed by atoms with van der Waals surface area (Å²) in [6.07, 6.45) is 6.27. The zero-order valence-corrected chi connectivity index (χ0v) is 9.52. The number of aryl methyl sites for hydroxylation is 1. The van der Waals surface area contributed by atoms with Crippen LogP contribution in [0.15, 0.2) is 42.7 Å². The number of ketones is 1. The van der Waals surface area contributed by atoms with E-state index in [4.69, 9.17) is 0 Å². The number of benzene rings is 1. The van der Waals surface area contributed by atoms with E-state index in [0.717, 1.165) is 24.0 Å². The van der Waals surface area contributed by atoms with Crippen LogP contribution in [0.5, 0.6) is 0 Å². The first-order chi connectivity index (χ1) is 8.34. The number of fused-ring (bicyclic) bond motifs is 1. The van der Waals surface area contributed by atoms with Crippen LogP contribution in [0.2, 0.25) is 0 Å². The largest absolute Gasteiger partial charge is 0.294 e. The van der Waals surface area contributed by atoms with E-state index in [0.29, 0.717) is 6.42 Å². The van der Waals surface area contributed by atoms with Gasteiger partial charge in [-0.2, -0.15) is 0 Å². The lowest BCUT2D eigenvalue weighted by atomic mass is 9.88. The van der Waals surface area contributed by atoms with E-state index in [1.54, 1.807) is 12.4 Å². The highest BCUT2D eigenvalue weighted by molar-refractivity contribution is 5.99. The van der Waals surface area contributed by atoms with Gasteiger partial charge in [-0.25, -0.2) is 0 Å². The van der Waals surface area contributed by atoms with Gasteiger partial charge in [0.05, 0.1) is 0 Å². The third-order valence-corrected chi connectivity index (χ3v) is 3.27. The fraction of sp³-hybridized carbons (Fsp3) is 0.200. The Hall–Kier alpha value is -1.96. The highest BCUT2D eigenvalue weighted by Crippen LogP contribution is 2.27. The lowest BCUT2D eigenvalue weighted by molar-refractivity contribution is 0.0972. The van der Waals surface area contributed by atoms with Crippen LogP contribution in [-0.2, 0) is 6.42 Å². The SMILES string of the molecule is O=C1CCCc2cc(-c3ccncc3)ccc21. The topological polar surface area (TPSA) is 30.0 Å². The molecule has 0 amide bonds. The summed E-state index contributed by atoms with van der Waals surface area (Å²) >= 11 is 0. The summed E-state index contributed by atoms with van der Waals surface area (Å²) in [7, 11) is 0. The van der Waals surface area contributed by atoms with Crippen molar-refractivity contribution in [3.63, 3.8) is 0 Å². The molecular weight excluding hydrogens is 210 g/mol. The standard InChI is InChI=1S/C15H13NO/c17-15-3-1-2-13-10-12(4-5-14(13)15)11-6-8-16-9-7-11/h4-10H,1-3H2. The molecule has 0 spiro atoms. The molecule has 17 heavy (non-hydrogen) atoms. The average Bonchev–Trinajstić information content (AvgIpc) is 2.40. The van der Waals surface area contributed by atoms with Crippen molar-refractivity contribution in [2.45, 2.75) is 19.3 Å². The number of hydrogen-bond donors (Lipinski definition) is 0. The second-order valence-electron chi connectivity index (χ2n) is 4.38. The maximum atomic E-state index is 11.7. The molecule has 1 aliphatic rings. The van der Waals surface area contributed by atoms with Crippen LogP contribution in [0.3, 0.4) is 0 Å². The van der Waals surface area contributed by atoms with Crippen LogP contribution < -0.4 is 0 Å². The summed E-state index contributed by atoms with van der Waals surface area (Å²) in [4.78, 5) is 15.7. The zero-order chi connectivity index (χ0) is 11.7. The Kier molecular flexibility index (Phi) is 2.48. The van der Waals surface area contributed by atoms with Gasteiger partial charge >= 0.3 is 0 Å². The van der Waals surface area contributed by atoms with Crippen molar-refractivity contribution in [3.05, 3.63) is 53.9 Å². The van der Waals surface area contributed by atoms with Crippen LogP contribution in [0.4, 0.5) is 0 Å². The van der Waals surface area contributed by atoms with Crippen LogP contribution in [0.1, 0.15) is 28.8 Å². The molecule has 1 aromatic heterocycles. The van der Waals surface area contributed by atoms with Crippen molar-refractivity contribution >= 4 is 5.78 Å². The van der Waals surface area contributed by atoms with Crippen LogP contribution in [-0.4, -0.2) is 10.8 Å². The molecule has 3 rings (SSSR count). The summed E-state index contributed by atoms with van der Waals surface area (Å²) in [5.74, 6) is 0.285. The molecule has 0 radical (unpaired) electrons. The van der Waals surface area contributed by atoms with Gasteiger partial charge in [0.15, 0.2) is 5.78 Å². The Morgan fingerprint density at radius 1 is 0.941 bits per heavy atom. The maximum absolute atomic E-state index is 11.7. The van der Waals surface area contributed by atoms with Gasteiger partial charge in [-0.1, -0.05) is 18.2 Å². The summed E-state index contributed by atoms with van der Waals surface area (Å²) in [5.41, 5.74) is 4.42. The molecule has 2 aromatic rings. The van der Waals surface area contributed by atoms with Gasteiger partial charge in [0, 0.05) is 24.4 Å². The second-order valence-corrected chi connectivity index (χ2v) is 4.38. The van der Waals surface area contributed by atoms with Gasteiger partial charge in [-0.05, 0) is 41.7 Å². The molecule has 1 aromatic carbocycles. The molecule has 2 heteroatoms. The van der Waals surface area contributed by atoms with Crippen LogP contribution in [0, 0.1) is 0 Å². The fourth-order valence-corrected chi connectivity index (χ4v) is 2.37. The third-order valence-electron chi connectivity index (χ3n) is 3.27. The van der Waals surface area contributed by atoms with Crippen LogP contribution >= 0.6 is 0 Å². The summed E-state index contributed by atoms with van der Waals surface area (Å²) in [5, 5.41) is 0. The molecule has 0 saturated carbocycles. The molecule has 0 unspecified atom stereocenters. The number of pyridine rings is 1. The van der Waals surface area contributed by atoms with Gasteiger partial charge in [-0.15, -0.1) is 0 Å². The van der Waals surface area contributed by atoms with Crippen molar-refractivity contribution in [2.75, 3.05) is 0 Å². The van der Waals surface area contributed by atoms with Crippen LogP contribution in [0.25, 0.3) is 11.1 Å². The molecule has 0 atom stereocenters. The highest BCUT2D eigenvalue weighted by Gasteiger charge is 2.17. The first kappa shape index (κ1) is 10.2. The van der Waals surface area contributed by atoms with E-state index in [2.05, 4.69) is 11.1 Å². The summed E-state index contributed by atoms with van der Waals surface area (Å²) in [6, 6.07) is 10.1.